The van der Waals surface area contributed by atoms with E-state index in [1.807, 2.05) is 32.9 Å². The van der Waals surface area contributed by atoms with Gasteiger partial charge in [-0.15, -0.1) is 23.1 Å². The second kappa shape index (κ2) is 9.05. The Kier molecular flexibility index (Phi) is 6.72. The molecular formula is C20H26N4O2S2. The molecule has 2 amide bonds. The standard InChI is InChI=1S/C20H26N4O2S2/c1-20(2,3)19(26)24-13-27-12-16(24)18(25)22-8-4-5-17-23-15(11-28-17)14-6-9-21-10-7-14/h6-7,9-11,16H,4-5,8,12-13H2,1-3H3,(H,22,25). The quantitative estimate of drug-likeness (QED) is 0.729. The lowest BCUT2D eigenvalue weighted by atomic mass is 9.94. The van der Waals surface area contributed by atoms with Gasteiger partial charge in [-0.3, -0.25) is 14.6 Å². The summed E-state index contributed by atoms with van der Waals surface area (Å²) < 4.78 is 0. The Bertz CT molecular complexity index is 817. The van der Waals surface area contributed by atoms with E-state index in [-0.39, 0.29) is 17.9 Å². The largest absolute Gasteiger partial charge is 0.354 e. The molecule has 0 saturated carbocycles. The average Bonchev–Trinajstić information content (AvgIpc) is 3.34. The Hall–Kier alpha value is -1.93. The van der Waals surface area contributed by atoms with Gasteiger partial charge in [-0.1, -0.05) is 20.8 Å². The van der Waals surface area contributed by atoms with Gasteiger partial charge in [0.2, 0.25) is 11.8 Å². The molecule has 1 atom stereocenters. The van der Waals surface area contributed by atoms with Crippen LogP contribution in [0.4, 0.5) is 0 Å². The van der Waals surface area contributed by atoms with Crippen LogP contribution in [0.15, 0.2) is 29.9 Å². The van der Waals surface area contributed by atoms with Crippen LogP contribution >= 0.6 is 23.1 Å². The highest BCUT2D eigenvalue weighted by Crippen LogP contribution is 2.27. The molecule has 0 aliphatic carbocycles. The van der Waals surface area contributed by atoms with Crippen LogP contribution in [-0.4, -0.2) is 50.9 Å². The van der Waals surface area contributed by atoms with Crippen molar-refractivity contribution >= 4 is 34.9 Å². The smallest absolute Gasteiger partial charge is 0.243 e. The van der Waals surface area contributed by atoms with Crippen LogP contribution in [0.3, 0.4) is 0 Å². The minimum atomic E-state index is -0.471. The Labute approximate surface area is 174 Å². The number of hydrogen-bond donors (Lipinski definition) is 1. The third-order valence-corrected chi connectivity index (χ3v) is 6.40. The fourth-order valence-electron chi connectivity index (χ4n) is 2.94. The van der Waals surface area contributed by atoms with Crippen molar-refractivity contribution in [3.63, 3.8) is 0 Å². The number of aromatic nitrogens is 2. The van der Waals surface area contributed by atoms with Gasteiger partial charge in [0.15, 0.2) is 0 Å². The fraction of sp³-hybridized carbons (Fsp3) is 0.500. The van der Waals surface area contributed by atoms with E-state index in [1.54, 1.807) is 40.4 Å². The normalized spacial score (nSPS) is 17.0. The van der Waals surface area contributed by atoms with E-state index < -0.39 is 5.41 Å². The molecule has 1 unspecified atom stereocenters. The maximum Gasteiger partial charge on any atom is 0.243 e. The highest BCUT2D eigenvalue weighted by Gasteiger charge is 2.38. The van der Waals surface area contributed by atoms with E-state index in [9.17, 15) is 9.59 Å². The number of nitrogens with one attached hydrogen (secondary N) is 1. The summed E-state index contributed by atoms with van der Waals surface area (Å²) in [6.45, 7) is 6.26. The topological polar surface area (TPSA) is 75.2 Å². The van der Waals surface area contributed by atoms with Crippen LogP contribution in [0.25, 0.3) is 11.3 Å². The van der Waals surface area contributed by atoms with E-state index >= 15 is 0 Å². The van der Waals surface area contributed by atoms with Crippen LogP contribution in [-0.2, 0) is 16.0 Å². The summed E-state index contributed by atoms with van der Waals surface area (Å²) in [5, 5.41) is 6.10. The zero-order valence-corrected chi connectivity index (χ0v) is 18.1. The van der Waals surface area contributed by atoms with Gasteiger partial charge in [-0.05, 0) is 18.6 Å². The molecule has 8 heteroatoms. The molecule has 0 bridgehead atoms. The monoisotopic (exact) mass is 418 g/mol. The zero-order chi connectivity index (χ0) is 20.1. The van der Waals surface area contributed by atoms with Crippen LogP contribution < -0.4 is 5.32 Å². The van der Waals surface area contributed by atoms with Gasteiger partial charge in [-0.2, -0.15) is 0 Å². The molecule has 1 saturated heterocycles. The van der Waals surface area contributed by atoms with E-state index in [1.165, 1.54) is 0 Å². The van der Waals surface area contributed by atoms with E-state index in [4.69, 9.17) is 0 Å². The number of thiazole rings is 1. The lowest BCUT2D eigenvalue weighted by Crippen LogP contribution is -2.50. The first-order valence-electron chi connectivity index (χ1n) is 9.37. The number of carbonyl (C=O) groups is 2. The van der Waals surface area contributed by atoms with Crippen molar-refractivity contribution < 1.29 is 9.59 Å². The number of rotatable bonds is 6. The lowest BCUT2D eigenvalue weighted by Gasteiger charge is -2.29. The number of nitrogens with zero attached hydrogens (tertiary/aromatic N) is 3. The Morgan fingerprint density at radius 1 is 1.29 bits per heavy atom. The number of carbonyl (C=O) groups excluding carboxylic acids is 2. The van der Waals surface area contributed by atoms with Crippen molar-refractivity contribution in [2.24, 2.45) is 5.41 Å². The number of hydrogen-bond acceptors (Lipinski definition) is 6. The first kappa shape index (κ1) is 20.8. The molecule has 3 heterocycles. The first-order valence-corrected chi connectivity index (χ1v) is 11.4. The predicted octanol–water partition coefficient (Wildman–Crippen LogP) is 3.20. The molecule has 0 aromatic carbocycles. The Morgan fingerprint density at radius 3 is 2.75 bits per heavy atom. The van der Waals surface area contributed by atoms with Gasteiger partial charge in [0.1, 0.15) is 6.04 Å². The van der Waals surface area contributed by atoms with Crippen LogP contribution in [0.1, 0.15) is 32.2 Å². The SMILES string of the molecule is CC(C)(C)C(=O)N1CSCC1C(=O)NCCCc1nc(-c2ccncc2)cs1. The van der Waals surface area contributed by atoms with Gasteiger partial charge in [0, 0.05) is 47.5 Å². The minimum absolute atomic E-state index is 0.0316. The van der Waals surface area contributed by atoms with Gasteiger partial charge in [0.05, 0.1) is 16.6 Å². The second-order valence-electron chi connectivity index (χ2n) is 7.80. The first-order chi connectivity index (χ1) is 13.4. The summed E-state index contributed by atoms with van der Waals surface area (Å²) in [6, 6.07) is 3.53. The summed E-state index contributed by atoms with van der Waals surface area (Å²) in [7, 11) is 0. The number of aryl methyl sites for hydroxylation is 1. The van der Waals surface area contributed by atoms with E-state index in [2.05, 4.69) is 20.7 Å². The summed E-state index contributed by atoms with van der Waals surface area (Å²) in [4.78, 5) is 35.5. The zero-order valence-electron chi connectivity index (χ0n) is 16.5. The predicted molar refractivity (Wildman–Crippen MR) is 114 cm³/mol. The third-order valence-electron chi connectivity index (χ3n) is 4.48. The molecule has 0 radical (unpaired) electrons. The average molecular weight is 419 g/mol. The highest BCUT2D eigenvalue weighted by atomic mass is 32.2. The molecule has 6 nitrogen and oxygen atoms in total. The van der Waals surface area contributed by atoms with Crippen molar-refractivity contribution in [1.82, 2.24) is 20.2 Å². The molecule has 2 aromatic rings. The molecule has 0 spiro atoms. The Morgan fingerprint density at radius 2 is 2.04 bits per heavy atom. The molecule has 3 rings (SSSR count). The summed E-state index contributed by atoms with van der Waals surface area (Å²) in [5.74, 6) is 1.23. The molecule has 150 valence electrons. The molecule has 2 aromatic heterocycles. The molecule has 1 aliphatic heterocycles. The van der Waals surface area contributed by atoms with Crippen molar-refractivity contribution in [2.75, 3.05) is 18.2 Å². The Balaban J connectivity index is 1.46. The van der Waals surface area contributed by atoms with E-state index in [0.29, 0.717) is 18.2 Å². The number of amides is 2. The molecular weight excluding hydrogens is 392 g/mol. The van der Waals surface area contributed by atoms with Crippen molar-refractivity contribution in [2.45, 2.75) is 39.7 Å². The van der Waals surface area contributed by atoms with Crippen molar-refractivity contribution in [3.8, 4) is 11.3 Å². The second-order valence-corrected chi connectivity index (χ2v) is 9.74. The highest BCUT2D eigenvalue weighted by molar-refractivity contribution is 7.99. The van der Waals surface area contributed by atoms with Gasteiger partial charge < -0.3 is 10.2 Å². The van der Waals surface area contributed by atoms with Gasteiger partial charge >= 0.3 is 0 Å². The van der Waals surface area contributed by atoms with Crippen LogP contribution in [0, 0.1) is 5.41 Å². The van der Waals surface area contributed by atoms with Crippen LogP contribution in [0.5, 0.6) is 0 Å². The third kappa shape index (κ3) is 5.11. The molecule has 1 N–H and O–H groups in total. The molecule has 1 fully saturated rings. The fourth-order valence-corrected chi connectivity index (χ4v) is 4.94. The summed E-state index contributed by atoms with van der Waals surface area (Å²) in [6.07, 6.45) is 5.17. The van der Waals surface area contributed by atoms with Gasteiger partial charge in [0.25, 0.3) is 0 Å². The van der Waals surface area contributed by atoms with Crippen LogP contribution in [0.2, 0.25) is 0 Å². The van der Waals surface area contributed by atoms with Crippen molar-refractivity contribution in [3.05, 3.63) is 34.9 Å². The molecule has 28 heavy (non-hydrogen) atoms. The molecule has 1 aliphatic rings. The number of pyridine rings is 1. The minimum Gasteiger partial charge on any atom is -0.354 e. The lowest BCUT2D eigenvalue weighted by molar-refractivity contribution is -0.144. The van der Waals surface area contributed by atoms with Crippen molar-refractivity contribution in [1.29, 1.82) is 0 Å². The van der Waals surface area contributed by atoms with E-state index in [0.717, 1.165) is 29.1 Å². The maximum absolute atomic E-state index is 12.6. The number of thioether (sulfide) groups is 1. The van der Waals surface area contributed by atoms with Gasteiger partial charge in [-0.25, -0.2) is 4.98 Å². The summed E-state index contributed by atoms with van der Waals surface area (Å²) >= 11 is 3.27. The summed E-state index contributed by atoms with van der Waals surface area (Å²) in [5.41, 5.74) is 1.56. The maximum atomic E-state index is 12.6.